The van der Waals surface area contributed by atoms with E-state index < -0.39 is 0 Å². The molecule has 0 spiro atoms. The Labute approximate surface area is 83.2 Å². The third kappa shape index (κ3) is 2.09. The average molecular weight is 196 g/mol. The number of hydrogen-bond acceptors (Lipinski definition) is 3. The van der Waals surface area contributed by atoms with Gasteiger partial charge in [0.2, 0.25) is 0 Å². The molecule has 2 nitrogen and oxygen atoms in total. The maximum absolute atomic E-state index is 5.95. The van der Waals surface area contributed by atoms with Crippen LogP contribution in [0.2, 0.25) is 0 Å². The van der Waals surface area contributed by atoms with Gasteiger partial charge in [0.25, 0.3) is 0 Å². The van der Waals surface area contributed by atoms with Crippen LogP contribution < -0.4 is 5.73 Å². The fourth-order valence-electron chi connectivity index (χ4n) is 1.71. The second kappa shape index (κ2) is 3.07. The molecular formula is C10H16N2S. The van der Waals surface area contributed by atoms with Gasteiger partial charge in [-0.15, -0.1) is 11.3 Å². The molecule has 2 N–H and O–H groups in total. The molecule has 0 aliphatic heterocycles. The number of rotatable bonds is 2. The minimum atomic E-state index is -0.119. The molecule has 1 heterocycles. The Morgan fingerprint density at radius 1 is 1.46 bits per heavy atom. The normalized spacial score (nSPS) is 16.2. The highest BCUT2D eigenvalue weighted by atomic mass is 32.1. The lowest BCUT2D eigenvalue weighted by atomic mass is 10.0. The highest BCUT2D eigenvalue weighted by molar-refractivity contribution is 7.11. The number of aryl methyl sites for hydroxylation is 2. The van der Waals surface area contributed by atoms with Crippen LogP contribution in [0.5, 0.6) is 0 Å². The third-order valence-electron chi connectivity index (χ3n) is 2.25. The molecular weight excluding hydrogens is 180 g/mol. The second-order valence-electron chi connectivity index (χ2n) is 4.50. The van der Waals surface area contributed by atoms with Crippen molar-refractivity contribution in [3.8, 4) is 0 Å². The summed E-state index contributed by atoms with van der Waals surface area (Å²) in [5.41, 5.74) is 7.17. The molecule has 2 rings (SSSR count). The summed E-state index contributed by atoms with van der Waals surface area (Å²) in [6.45, 7) is 4.11. The standard InChI is InChI=1S/C10H16N2S/c1-10(2,11)6-9-12-7-4-3-5-8(7)13-9/h3-6,11H2,1-2H3. The molecule has 72 valence electrons. The predicted molar refractivity (Wildman–Crippen MR) is 56.1 cm³/mol. The van der Waals surface area contributed by atoms with E-state index >= 15 is 0 Å². The van der Waals surface area contributed by atoms with Gasteiger partial charge in [0, 0.05) is 16.8 Å². The van der Waals surface area contributed by atoms with Crippen molar-refractivity contribution >= 4 is 11.3 Å². The SMILES string of the molecule is CC(C)(N)Cc1nc2c(s1)CCC2. The third-order valence-corrected chi connectivity index (χ3v) is 3.40. The summed E-state index contributed by atoms with van der Waals surface area (Å²) in [6, 6.07) is 0. The minimum absolute atomic E-state index is 0.119. The van der Waals surface area contributed by atoms with Gasteiger partial charge in [0.05, 0.1) is 10.7 Å². The molecule has 1 aromatic heterocycles. The molecule has 0 unspecified atom stereocenters. The zero-order chi connectivity index (χ0) is 9.47. The van der Waals surface area contributed by atoms with E-state index in [1.807, 2.05) is 11.3 Å². The first-order valence-electron chi connectivity index (χ1n) is 4.81. The fraction of sp³-hybridized carbons (Fsp3) is 0.700. The molecule has 0 saturated carbocycles. The quantitative estimate of drug-likeness (QED) is 0.784. The summed E-state index contributed by atoms with van der Waals surface area (Å²) >= 11 is 1.86. The Morgan fingerprint density at radius 3 is 2.85 bits per heavy atom. The van der Waals surface area contributed by atoms with Crippen LogP contribution in [0.3, 0.4) is 0 Å². The van der Waals surface area contributed by atoms with Crippen molar-refractivity contribution in [2.75, 3.05) is 0 Å². The summed E-state index contributed by atoms with van der Waals surface area (Å²) < 4.78 is 0. The van der Waals surface area contributed by atoms with Crippen LogP contribution >= 0.6 is 11.3 Å². The molecule has 0 radical (unpaired) electrons. The summed E-state index contributed by atoms with van der Waals surface area (Å²) in [6.07, 6.45) is 4.61. The van der Waals surface area contributed by atoms with Crippen molar-refractivity contribution < 1.29 is 0 Å². The molecule has 0 bridgehead atoms. The topological polar surface area (TPSA) is 38.9 Å². The van der Waals surface area contributed by atoms with Crippen LogP contribution in [-0.2, 0) is 19.3 Å². The maximum Gasteiger partial charge on any atom is 0.0949 e. The van der Waals surface area contributed by atoms with Crippen LogP contribution in [0.25, 0.3) is 0 Å². The number of hydrogen-bond donors (Lipinski definition) is 1. The maximum atomic E-state index is 5.95. The first-order chi connectivity index (χ1) is 6.04. The number of nitrogens with zero attached hydrogens (tertiary/aromatic N) is 1. The van der Waals surface area contributed by atoms with Gasteiger partial charge in [-0.05, 0) is 33.1 Å². The number of aromatic nitrogens is 1. The van der Waals surface area contributed by atoms with E-state index in [-0.39, 0.29) is 5.54 Å². The molecule has 1 aromatic rings. The van der Waals surface area contributed by atoms with Crippen LogP contribution in [0.4, 0.5) is 0 Å². The number of thiazole rings is 1. The van der Waals surface area contributed by atoms with E-state index in [1.54, 1.807) is 0 Å². The van der Waals surface area contributed by atoms with Crippen molar-refractivity contribution in [1.29, 1.82) is 0 Å². The Morgan fingerprint density at radius 2 is 2.23 bits per heavy atom. The largest absolute Gasteiger partial charge is 0.325 e. The highest BCUT2D eigenvalue weighted by Gasteiger charge is 2.20. The zero-order valence-electron chi connectivity index (χ0n) is 8.26. The van der Waals surface area contributed by atoms with Crippen LogP contribution in [0.1, 0.15) is 35.8 Å². The Bertz CT molecular complexity index is 288. The van der Waals surface area contributed by atoms with Gasteiger partial charge in [-0.2, -0.15) is 0 Å². The van der Waals surface area contributed by atoms with Crippen molar-refractivity contribution in [2.24, 2.45) is 5.73 Å². The summed E-state index contributed by atoms with van der Waals surface area (Å²) in [5.74, 6) is 0. The predicted octanol–water partition coefficient (Wildman–Crippen LogP) is 1.91. The molecule has 1 aliphatic rings. The van der Waals surface area contributed by atoms with E-state index in [9.17, 15) is 0 Å². The monoisotopic (exact) mass is 196 g/mol. The molecule has 0 atom stereocenters. The van der Waals surface area contributed by atoms with Crippen molar-refractivity contribution in [3.63, 3.8) is 0 Å². The van der Waals surface area contributed by atoms with E-state index in [0.717, 1.165) is 6.42 Å². The van der Waals surface area contributed by atoms with Gasteiger partial charge in [-0.25, -0.2) is 4.98 Å². The van der Waals surface area contributed by atoms with E-state index in [0.29, 0.717) is 0 Å². The summed E-state index contributed by atoms with van der Waals surface area (Å²) in [4.78, 5) is 6.11. The van der Waals surface area contributed by atoms with Crippen LogP contribution in [-0.4, -0.2) is 10.5 Å². The Hall–Kier alpha value is -0.410. The van der Waals surface area contributed by atoms with E-state index in [1.165, 1.54) is 34.8 Å². The molecule has 13 heavy (non-hydrogen) atoms. The lowest BCUT2D eigenvalue weighted by Gasteiger charge is -2.15. The molecule has 0 saturated heterocycles. The van der Waals surface area contributed by atoms with Gasteiger partial charge < -0.3 is 5.73 Å². The molecule has 0 aromatic carbocycles. The van der Waals surface area contributed by atoms with Gasteiger partial charge >= 0.3 is 0 Å². The molecule has 0 fully saturated rings. The summed E-state index contributed by atoms with van der Waals surface area (Å²) in [5, 5.41) is 1.22. The first-order valence-corrected chi connectivity index (χ1v) is 5.62. The smallest absolute Gasteiger partial charge is 0.0949 e. The Balaban J connectivity index is 2.15. The first kappa shape index (κ1) is 9.16. The van der Waals surface area contributed by atoms with Crippen molar-refractivity contribution in [1.82, 2.24) is 4.98 Å². The molecule has 3 heteroatoms. The molecule has 1 aliphatic carbocycles. The van der Waals surface area contributed by atoms with E-state index in [4.69, 9.17) is 5.73 Å². The number of nitrogens with two attached hydrogens (primary N) is 1. The van der Waals surface area contributed by atoms with Gasteiger partial charge in [0.15, 0.2) is 0 Å². The Kier molecular flexibility index (Phi) is 2.16. The molecule has 0 amide bonds. The van der Waals surface area contributed by atoms with E-state index in [2.05, 4.69) is 18.8 Å². The van der Waals surface area contributed by atoms with Gasteiger partial charge in [0.1, 0.15) is 0 Å². The van der Waals surface area contributed by atoms with Crippen molar-refractivity contribution in [3.05, 3.63) is 15.6 Å². The fourth-order valence-corrected chi connectivity index (χ4v) is 3.11. The lowest BCUT2D eigenvalue weighted by Crippen LogP contribution is -2.34. The highest BCUT2D eigenvalue weighted by Crippen LogP contribution is 2.28. The second-order valence-corrected chi connectivity index (χ2v) is 5.66. The zero-order valence-corrected chi connectivity index (χ0v) is 9.08. The van der Waals surface area contributed by atoms with Gasteiger partial charge in [-0.3, -0.25) is 0 Å². The average Bonchev–Trinajstić information content (AvgIpc) is 2.40. The lowest BCUT2D eigenvalue weighted by molar-refractivity contribution is 0.515. The summed E-state index contributed by atoms with van der Waals surface area (Å²) in [7, 11) is 0. The van der Waals surface area contributed by atoms with Crippen LogP contribution in [0, 0.1) is 0 Å². The minimum Gasteiger partial charge on any atom is -0.325 e. The van der Waals surface area contributed by atoms with Crippen molar-refractivity contribution in [2.45, 2.75) is 45.1 Å². The number of fused-ring (bicyclic) bond motifs is 1. The van der Waals surface area contributed by atoms with Crippen LogP contribution in [0.15, 0.2) is 0 Å². The van der Waals surface area contributed by atoms with Gasteiger partial charge in [-0.1, -0.05) is 0 Å².